The number of carbonyl (C=O) groups excluding carboxylic acids is 1. The Morgan fingerprint density at radius 2 is 1.88 bits per heavy atom. The summed E-state index contributed by atoms with van der Waals surface area (Å²) in [5, 5.41) is 4.48. The van der Waals surface area contributed by atoms with Gasteiger partial charge in [-0.15, -0.1) is 12.4 Å². The van der Waals surface area contributed by atoms with E-state index in [2.05, 4.69) is 18.9 Å². The fourth-order valence-corrected chi connectivity index (χ4v) is 3.37. The third-order valence-electron chi connectivity index (χ3n) is 4.97. The van der Waals surface area contributed by atoms with Crippen LogP contribution in [0.5, 0.6) is 0 Å². The molecule has 0 spiro atoms. The molecule has 0 radical (unpaired) electrons. The lowest BCUT2D eigenvalue weighted by Gasteiger charge is -2.42. The Labute approximate surface area is 155 Å². The second-order valence-corrected chi connectivity index (χ2v) is 7.50. The van der Waals surface area contributed by atoms with Crippen LogP contribution in [0.25, 0.3) is 5.69 Å². The monoisotopic (exact) mass is 362 g/mol. The van der Waals surface area contributed by atoms with Gasteiger partial charge in [-0.25, -0.2) is 4.68 Å². The van der Waals surface area contributed by atoms with Crippen molar-refractivity contribution in [2.24, 2.45) is 11.1 Å². The Bertz CT molecular complexity index is 751. The van der Waals surface area contributed by atoms with Crippen LogP contribution >= 0.6 is 12.4 Å². The highest BCUT2D eigenvalue weighted by molar-refractivity contribution is 5.94. The number of hydrogen-bond acceptors (Lipinski definition) is 3. The average molecular weight is 363 g/mol. The Kier molecular flexibility index (Phi) is 5.59. The van der Waals surface area contributed by atoms with Crippen molar-refractivity contribution in [2.45, 2.75) is 40.2 Å². The topological polar surface area (TPSA) is 64.2 Å². The van der Waals surface area contributed by atoms with Gasteiger partial charge < -0.3 is 10.6 Å². The van der Waals surface area contributed by atoms with E-state index in [0.717, 1.165) is 30.0 Å². The first kappa shape index (κ1) is 19.5. The molecule has 1 unspecified atom stereocenters. The molecular formula is C19H27ClN4O. The number of benzene rings is 1. The van der Waals surface area contributed by atoms with Gasteiger partial charge in [0.05, 0.1) is 11.4 Å². The number of amides is 1. The molecule has 1 aromatic heterocycles. The molecule has 1 saturated heterocycles. The zero-order valence-corrected chi connectivity index (χ0v) is 16.1. The fourth-order valence-electron chi connectivity index (χ4n) is 3.37. The SMILES string of the molecule is Cc1cc(C)n(-c2ccc(C(=O)N3CCC(N)C(C)(C)C3)cc2)n1.Cl. The van der Waals surface area contributed by atoms with E-state index in [-0.39, 0.29) is 29.8 Å². The van der Waals surface area contributed by atoms with Gasteiger partial charge in [0.25, 0.3) is 5.91 Å². The van der Waals surface area contributed by atoms with Gasteiger partial charge in [0.1, 0.15) is 0 Å². The first-order valence-corrected chi connectivity index (χ1v) is 8.46. The van der Waals surface area contributed by atoms with Crippen molar-refractivity contribution >= 4 is 18.3 Å². The maximum atomic E-state index is 12.8. The number of nitrogens with two attached hydrogens (primary N) is 1. The number of nitrogens with zero attached hydrogens (tertiary/aromatic N) is 3. The molecule has 1 amide bonds. The zero-order chi connectivity index (χ0) is 17.5. The van der Waals surface area contributed by atoms with Gasteiger partial charge in [-0.05, 0) is 56.0 Å². The normalized spacial score (nSPS) is 19.4. The molecule has 1 fully saturated rings. The predicted octanol–water partition coefficient (Wildman–Crippen LogP) is 3.11. The molecule has 6 heteroatoms. The number of aromatic nitrogens is 2. The Balaban J connectivity index is 0.00000225. The molecule has 136 valence electrons. The number of carbonyl (C=O) groups is 1. The molecule has 1 aliphatic heterocycles. The second kappa shape index (κ2) is 7.18. The smallest absolute Gasteiger partial charge is 0.253 e. The first-order chi connectivity index (χ1) is 11.3. The molecule has 2 heterocycles. The minimum atomic E-state index is -0.0441. The summed E-state index contributed by atoms with van der Waals surface area (Å²) in [4.78, 5) is 14.7. The number of halogens is 1. The lowest BCUT2D eigenvalue weighted by molar-refractivity contribution is 0.0533. The maximum Gasteiger partial charge on any atom is 0.253 e. The third-order valence-corrected chi connectivity index (χ3v) is 4.97. The minimum absolute atomic E-state index is 0. The largest absolute Gasteiger partial charge is 0.338 e. The van der Waals surface area contributed by atoms with Crippen molar-refractivity contribution in [3.63, 3.8) is 0 Å². The van der Waals surface area contributed by atoms with Crippen LogP contribution in [0, 0.1) is 19.3 Å². The molecule has 2 aromatic rings. The van der Waals surface area contributed by atoms with E-state index < -0.39 is 0 Å². The van der Waals surface area contributed by atoms with Crippen molar-refractivity contribution in [1.29, 1.82) is 0 Å². The van der Waals surface area contributed by atoms with Crippen LogP contribution in [-0.4, -0.2) is 39.7 Å². The quantitative estimate of drug-likeness (QED) is 0.892. The van der Waals surface area contributed by atoms with E-state index in [1.165, 1.54) is 0 Å². The van der Waals surface area contributed by atoms with E-state index in [0.29, 0.717) is 12.1 Å². The van der Waals surface area contributed by atoms with Gasteiger partial charge in [-0.3, -0.25) is 4.79 Å². The van der Waals surface area contributed by atoms with Crippen LogP contribution in [0.2, 0.25) is 0 Å². The molecule has 0 saturated carbocycles. The van der Waals surface area contributed by atoms with Crippen LogP contribution < -0.4 is 5.73 Å². The summed E-state index contributed by atoms with van der Waals surface area (Å²) in [7, 11) is 0. The van der Waals surface area contributed by atoms with Crippen molar-refractivity contribution in [2.75, 3.05) is 13.1 Å². The van der Waals surface area contributed by atoms with Crippen molar-refractivity contribution in [1.82, 2.24) is 14.7 Å². The third kappa shape index (κ3) is 3.88. The predicted molar refractivity (Wildman–Crippen MR) is 103 cm³/mol. The molecule has 0 aliphatic carbocycles. The van der Waals surface area contributed by atoms with Crippen LogP contribution in [0.1, 0.15) is 42.0 Å². The maximum absolute atomic E-state index is 12.8. The number of aryl methyl sites for hydroxylation is 2. The number of hydrogen-bond donors (Lipinski definition) is 1. The molecule has 1 aliphatic rings. The van der Waals surface area contributed by atoms with Crippen molar-refractivity contribution in [3.05, 3.63) is 47.3 Å². The summed E-state index contributed by atoms with van der Waals surface area (Å²) in [6.45, 7) is 9.68. The van der Waals surface area contributed by atoms with E-state index in [4.69, 9.17) is 5.73 Å². The van der Waals surface area contributed by atoms with Gasteiger partial charge in [0.2, 0.25) is 0 Å². The molecule has 0 bridgehead atoms. The molecular weight excluding hydrogens is 336 g/mol. The van der Waals surface area contributed by atoms with Crippen LogP contribution in [0.4, 0.5) is 0 Å². The van der Waals surface area contributed by atoms with Crippen molar-refractivity contribution < 1.29 is 4.79 Å². The highest BCUT2D eigenvalue weighted by Gasteiger charge is 2.35. The molecule has 25 heavy (non-hydrogen) atoms. The highest BCUT2D eigenvalue weighted by Crippen LogP contribution is 2.28. The Hall–Kier alpha value is -1.85. The van der Waals surface area contributed by atoms with E-state index >= 15 is 0 Å². The van der Waals surface area contributed by atoms with Gasteiger partial charge in [-0.1, -0.05) is 13.8 Å². The molecule has 2 N–H and O–H groups in total. The van der Waals surface area contributed by atoms with E-state index in [9.17, 15) is 4.79 Å². The van der Waals surface area contributed by atoms with Gasteiger partial charge >= 0.3 is 0 Å². The number of likely N-dealkylation sites (tertiary alicyclic amines) is 1. The van der Waals surface area contributed by atoms with Gasteiger partial charge in [0.15, 0.2) is 0 Å². The van der Waals surface area contributed by atoms with Crippen LogP contribution in [0.3, 0.4) is 0 Å². The average Bonchev–Trinajstić information content (AvgIpc) is 2.88. The number of rotatable bonds is 2. The summed E-state index contributed by atoms with van der Waals surface area (Å²) in [5.41, 5.74) is 9.87. The second-order valence-electron chi connectivity index (χ2n) is 7.50. The summed E-state index contributed by atoms with van der Waals surface area (Å²) in [5.74, 6) is 0.0786. The fraction of sp³-hybridized carbons (Fsp3) is 0.474. The summed E-state index contributed by atoms with van der Waals surface area (Å²) < 4.78 is 1.90. The van der Waals surface area contributed by atoms with Crippen LogP contribution in [0.15, 0.2) is 30.3 Å². The molecule has 1 atom stereocenters. The van der Waals surface area contributed by atoms with Gasteiger partial charge in [0, 0.05) is 30.4 Å². The minimum Gasteiger partial charge on any atom is -0.338 e. The van der Waals surface area contributed by atoms with E-state index in [1.54, 1.807) is 0 Å². The standard InChI is InChI=1S/C19H26N4O.ClH/c1-13-11-14(2)23(21-13)16-7-5-15(6-8-16)18(24)22-10-9-17(20)19(3,4)12-22;/h5-8,11,17H,9-10,12,20H2,1-4H3;1H. The number of piperidine rings is 1. The Morgan fingerprint density at radius 3 is 2.40 bits per heavy atom. The summed E-state index contributed by atoms with van der Waals surface area (Å²) in [6, 6.07) is 9.86. The van der Waals surface area contributed by atoms with E-state index in [1.807, 2.05) is 53.8 Å². The molecule has 1 aromatic carbocycles. The molecule has 5 nitrogen and oxygen atoms in total. The van der Waals surface area contributed by atoms with Crippen LogP contribution in [-0.2, 0) is 0 Å². The lowest BCUT2D eigenvalue weighted by Crippen LogP contribution is -2.53. The first-order valence-electron chi connectivity index (χ1n) is 8.46. The zero-order valence-electron chi connectivity index (χ0n) is 15.3. The summed E-state index contributed by atoms with van der Waals surface area (Å²) in [6.07, 6.45) is 0.850. The van der Waals surface area contributed by atoms with Gasteiger partial charge in [-0.2, -0.15) is 5.10 Å². The highest BCUT2D eigenvalue weighted by atomic mass is 35.5. The lowest BCUT2D eigenvalue weighted by atomic mass is 9.79. The molecule has 3 rings (SSSR count). The summed E-state index contributed by atoms with van der Waals surface area (Å²) >= 11 is 0. The van der Waals surface area contributed by atoms with Crippen molar-refractivity contribution in [3.8, 4) is 5.69 Å². The Morgan fingerprint density at radius 1 is 1.24 bits per heavy atom.